The van der Waals surface area contributed by atoms with Gasteiger partial charge in [-0.1, -0.05) is 66.6 Å². The SMILES string of the molecule is O=C1CCC(N2Cc3cc(C4CCN(C(=O)CCCCCCCCCCBr)CC4)ccc3C2=O)C(=O)N1. The normalized spacial score (nSPS) is 20.4. The van der Waals surface area contributed by atoms with Crippen LogP contribution in [0.1, 0.15) is 111 Å². The molecule has 8 heteroatoms. The Bertz CT molecular complexity index is 989. The van der Waals surface area contributed by atoms with E-state index in [-0.39, 0.29) is 30.0 Å². The third-order valence-electron chi connectivity index (χ3n) is 8.14. The fourth-order valence-corrected chi connectivity index (χ4v) is 6.30. The van der Waals surface area contributed by atoms with Gasteiger partial charge in [0.15, 0.2) is 0 Å². The van der Waals surface area contributed by atoms with Gasteiger partial charge in [0.1, 0.15) is 6.04 Å². The van der Waals surface area contributed by atoms with E-state index in [1.54, 1.807) is 4.90 Å². The van der Waals surface area contributed by atoms with Crippen molar-refractivity contribution in [2.45, 2.75) is 102 Å². The first-order valence-electron chi connectivity index (χ1n) is 14.1. The lowest BCUT2D eigenvalue weighted by molar-refractivity contribution is -0.137. The second-order valence-electron chi connectivity index (χ2n) is 10.7. The summed E-state index contributed by atoms with van der Waals surface area (Å²) in [4.78, 5) is 53.0. The molecular formula is C29H40BrN3O4. The number of fused-ring (bicyclic) bond motifs is 1. The zero-order chi connectivity index (χ0) is 26.2. The van der Waals surface area contributed by atoms with Crippen LogP contribution in [0.15, 0.2) is 18.2 Å². The van der Waals surface area contributed by atoms with Crippen molar-refractivity contribution in [1.29, 1.82) is 0 Å². The van der Waals surface area contributed by atoms with Gasteiger partial charge in [0, 0.05) is 43.4 Å². The van der Waals surface area contributed by atoms with Crippen molar-refractivity contribution in [2.24, 2.45) is 0 Å². The van der Waals surface area contributed by atoms with Gasteiger partial charge in [0.2, 0.25) is 17.7 Å². The lowest BCUT2D eigenvalue weighted by Crippen LogP contribution is -2.52. The van der Waals surface area contributed by atoms with E-state index in [0.29, 0.717) is 30.9 Å². The largest absolute Gasteiger partial charge is 0.343 e. The minimum atomic E-state index is -0.584. The molecule has 2 fully saturated rings. The van der Waals surface area contributed by atoms with E-state index < -0.39 is 6.04 Å². The highest BCUT2D eigenvalue weighted by Gasteiger charge is 2.39. The Morgan fingerprint density at radius 1 is 0.919 bits per heavy atom. The molecule has 4 rings (SSSR count). The van der Waals surface area contributed by atoms with Crippen LogP contribution in [-0.4, -0.2) is 57.9 Å². The smallest absolute Gasteiger partial charge is 0.255 e. The summed E-state index contributed by atoms with van der Waals surface area (Å²) < 4.78 is 0. The Hall–Kier alpha value is -2.22. The highest BCUT2D eigenvalue weighted by molar-refractivity contribution is 9.09. The molecule has 2 saturated heterocycles. The first-order valence-corrected chi connectivity index (χ1v) is 15.2. The Morgan fingerprint density at radius 2 is 1.59 bits per heavy atom. The number of hydrogen-bond acceptors (Lipinski definition) is 4. The van der Waals surface area contributed by atoms with Crippen LogP contribution >= 0.6 is 15.9 Å². The number of piperidine rings is 2. The molecule has 1 aromatic carbocycles. The number of halogens is 1. The number of nitrogens with zero attached hydrogens (tertiary/aromatic N) is 2. The summed E-state index contributed by atoms with van der Waals surface area (Å²) in [5, 5.41) is 3.46. The van der Waals surface area contributed by atoms with Crippen molar-refractivity contribution in [2.75, 3.05) is 18.4 Å². The van der Waals surface area contributed by atoms with Gasteiger partial charge in [0.05, 0.1) is 0 Å². The monoisotopic (exact) mass is 573 g/mol. The van der Waals surface area contributed by atoms with E-state index in [4.69, 9.17) is 0 Å². The van der Waals surface area contributed by atoms with Crippen LogP contribution in [-0.2, 0) is 20.9 Å². The number of amides is 4. The van der Waals surface area contributed by atoms with Crippen LogP contribution in [0.25, 0.3) is 0 Å². The van der Waals surface area contributed by atoms with Gasteiger partial charge in [-0.2, -0.15) is 0 Å². The van der Waals surface area contributed by atoms with Gasteiger partial charge in [-0.05, 0) is 55.2 Å². The Balaban J connectivity index is 1.19. The number of nitrogens with one attached hydrogen (secondary N) is 1. The number of carbonyl (C=O) groups is 4. The van der Waals surface area contributed by atoms with E-state index in [2.05, 4.69) is 27.3 Å². The van der Waals surface area contributed by atoms with Gasteiger partial charge in [-0.25, -0.2) is 0 Å². The molecule has 37 heavy (non-hydrogen) atoms. The minimum absolute atomic E-state index is 0.133. The second kappa shape index (κ2) is 13.5. The van der Waals surface area contributed by atoms with Crippen LogP contribution in [0.4, 0.5) is 0 Å². The number of rotatable bonds is 12. The molecule has 0 radical (unpaired) electrons. The van der Waals surface area contributed by atoms with Crippen LogP contribution in [0, 0.1) is 0 Å². The summed E-state index contributed by atoms with van der Waals surface area (Å²) in [5.41, 5.74) is 2.81. The molecule has 1 N–H and O–H groups in total. The van der Waals surface area contributed by atoms with Crippen molar-refractivity contribution in [3.8, 4) is 0 Å². The number of hydrogen-bond donors (Lipinski definition) is 1. The van der Waals surface area contributed by atoms with Crippen molar-refractivity contribution in [3.63, 3.8) is 0 Å². The topological polar surface area (TPSA) is 86.8 Å². The van der Waals surface area contributed by atoms with Crippen LogP contribution in [0.5, 0.6) is 0 Å². The van der Waals surface area contributed by atoms with Crippen LogP contribution in [0.2, 0.25) is 0 Å². The van der Waals surface area contributed by atoms with E-state index >= 15 is 0 Å². The summed E-state index contributed by atoms with van der Waals surface area (Å²) in [6.07, 6.45) is 13.0. The number of likely N-dealkylation sites (tertiary alicyclic amines) is 1. The molecule has 3 heterocycles. The molecule has 1 aromatic rings. The van der Waals surface area contributed by atoms with E-state index in [1.807, 2.05) is 17.0 Å². The lowest BCUT2D eigenvalue weighted by atomic mass is 9.87. The predicted octanol–water partition coefficient (Wildman–Crippen LogP) is 5.06. The van der Waals surface area contributed by atoms with Crippen LogP contribution in [0.3, 0.4) is 0 Å². The highest BCUT2D eigenvalue weighted by Crippen LogP contribution is 2.33. The Morgan fingerprint density at radius 3 is 2.27 bits per heavy atom. The van der Waals surface area contributed by atoms with Gasteiger partial charge >= 0.3 is 0 Å². The molecule has 0 aromatic heterocycles. The maximum absolute atomic E-state index is 12.9. The highest BCUT2D eigenvalue weighted by atomic mass is 79.9. The van der Waals surface area contributed by atoms with Gasteiger partial charge in [-0.15, -0.1) is 0 Å². The molecule has 3 aliphatic heterocycles. The predicted molar refractivity (Wildman–Crippen MR) is 146 cm³/mol. The van der Waals surface area contributed by atoms with E-state index in [0.717, 1.165) is 49.7 Å². The third-order valence-corrected chi connectivity index (χ3v) is 8.70. The van der Waals surface area contributed by atoms with Gasteiger partial charge in [-0.3, -0.25) is 24.5 Å². The molecule has 0 spiro atoms. The number of unbranched alkanes of at least 4 members (excludes halogenated alkanes) is 7. The molecule has 0 bridgehead atoms. The van der Waals surface area contributed by atoms with Gasteiger partial charge < -0.3 is 9.80 Å². The first-order chi connectivity index (χ1) is 18.0. The maximum Gasteiger partial charge on any atom is 0.255 e. The number of carbonyl (C=O) groups excluding carboxylic acids is 4. The average molecular weight is 575 g/mol. The Kier molecular flexibility index (Phi) is 10.2. The van der Waals surface area contributed by atoms with Gasteiger partial charge in [0.25, 0.3) is 5.91 Å². The summed E-state index contributed by atoms with van der Waals surface area (Å²) in [6, 6.07) is 5.45. The second-order valence-corrected chi connectivity index (χ2v) is 11.5. The fraction of sp³-hybridized carbons (Fsp3) is 0.655. The van der Waals surface area contributed by atoms with Crippen molar-refractivity contribution in [3.05, 3.63) is 34.9 Å². The summed E-state index contributed by atoms with van der Waals surface area (Å²) in [5.74, 6) is -0.125. The average Bonchev–Trinajstić information content (AvgIpc) is 3.23. The molecule has 7 nitrogen and oxygen atoms in total. The van der Waals surface area contributed by atoms with Crippen molar-refractivity contribution >= 4 is 39.6 Å². The molecule has 202 valence electrons. The summed E-state index contributed by atoms with van der Waals surface area (Å²) in [7, 11) is 0. The standard InChI is InChI=1S/C29H40BrN3O4/c30-16-8-6-4-2-1-3-5-7-9-27(35)32-17-14-21(15-18-32)22-10-11-24-23(19-22)20-33(29(24)37)25-12-13-26(34)31-28(25)36/h10-11,19,21,25H,1-9,12-18,20H2,(H,31,34,36). The molecule has 4 amide bonds. The number of imide groups is 1. The lowest BCUT2D eigenvalue weighted by Gasteiger charge is -2.32. The zero-order valence-electron chi connectivity index (χ0n) is 21.8. The van der Waals surface area contributed by atoms with E-state index in [9.17, 15) is 19.2 Å². The molecule has 0 saturated carbocycles. The number of benzene rings is 1. The fourth-order valence-electron chi connectivity index (χ4n) is 5.90. The minimum Gasteiger partial charge on any atom is -0.343 e. The Labute approximate surface area is 228 Å². The van der Waals surface area contributed by atoms with Crippen molar-refractivity contribution in [1.82, 2.24) is 15.1 Å². The molecule has 1 unspecified atom stereocenters. The third kappa shape index (κ3) is 7.21. The first kappa shape index (κ1) is 27.8. The summed E-state index contributed by atoms with van der Waals surface area (Å²) in [6.45, 7) is 1.98. The number of alkyl halides is 1. The molecule has 3 aliphatic rings. The zero-order valence-corrected chi connectivity index (χ0v) is 23.4. The van der Waals surface area contributed by atoms with Crippen LogP contribution < -0.4 is 5.32 Å². The van der Waals surface area contributed by atoms with Crippen molar-refractivity contribution < 1.29 is 19.2 Å². The summed E-state index contributed by atoms with van der Waals surface area (Å²) >= 11 is 3.48. The molecular weight excluding hydrogens is 534 g/mol. The molecule has 1 atom stereocenters. The van der Waals surface area contributed by atoms with E-state index in [1.165, 1.54) is 44.1 Å². The molecule has 0 aliphatic carbocycles. The maximum atomic E-state index is 12.9. The quantitative estimate of drug-likeness (QED) is 0.215.